The second-order valence-electron chi connectivity index (χ2n) is 0.429. The van der Waals surface area contributed by atoms with Crippen LogP contribution in [0, 0.1) is 0 Å². The maximum absolute atomic E-state index is 5.01. The first-order valence-electron chi connectivity index (χ1n) is 0.756. The van der Waals surface area contributed by atoms with Gasteiger partial charge >= 0.3 is 49.6 Å². The van der Waals surface area contributed by atoms with Crippen molar-refractivity contribution in [3.63, 3.8) is 0 Å². The molecule has 0 unspecified atom stereocenters. The maximum atomic E-state index is 5.01. The molecule has 0 spiro atoms. The van der Waals surface area contributed by atoms with Gasteiger partial charge in [-0.25, -0.2) is 0 Å². The summed E-state index contributed by atoms with van der Waals surface area (Å²) in [5, 5.41) is 0. The van der Waals surface area contributed by atoms with Gasteiger partial charge < -0.3 is 0 Å². The molecular weight excluding hydrogens is 197 g/mol. The normalized spacial score (nSPS) is 10.0. The number of halogens is 4. The predicted octanol–water partition coefficient (Wildman–Crippen LogP) is 2.37. The second kappa shape index (κ2) is 4.36. The van der Waals surface area contributed by atoms with E-state index < -0.39 is 12.3 Å². The predicted molar refractivity (Wildman–Crippen MR) is 29.2 cm³/mol. The molecule has 0 saturated heterocycles. The van der Waals surface area contributed by atoms with Crippen LogP contribution in [0.3, 0.4) is 0 Å². The molecule has 0 aromatic heterocycles. The molecule has 0 aliphatic rings. The fourth-order valence-corrected chi connectivity index (χ4v) is 0. The van der Waals surface area contributed by atoms with Crippen molar-refractivity contribution in [1.82, 2.24) is 0 Å². The molecule has 0 fully saturated rings. The van der Waals surface area contributed by atoms with Crippen molar-refractivity contribution in [3.05, 3.63) is 0 Å². The van der Waals surface area contributed by atoms with Crippen molar-refractivity contribution >= 4 is 56.1 Å². The van der Waals surface area contributed by atoms with Gasteiger partial charge in [0, 0.05) is 18.9 Å². The zero-order chi connectivity index (χ0) is 4.50. The van der Waals surface area contributed by atoms with Crippen LogP contribution in [0.2, 0.25) is 0 Å². The Labute approximate surface area is 67.5 Å². The molecule has 0 aliphatic heterocycles. The molecule has 6 heavy (non-hydrogen) atoms. The number of hydrogen-bond donors (Lipinski definition) is 0. The van der Waals surface area contributed by atoms with Gasteiger partial charge in [-0.3, -0.25) is 0 Å². The Morgan fingerprint density at radius 3 is 0.833 bits per heavy atom. The van der Waals surface area contributed by atoms with Crippen LogP contribution in [0.4, 0.5) is 0 Å². The van der Waals surface area contributed by atoms with E-state index in [4.69, 9.17) is 37.2 Å². The van der Waals surface area contributed by atoms with Crippen molar-refractivity contribution in [2.24, 2.45) is 0 Å². The second-order valence-corrected chi connectivity index (χ2v) is 15.9. The molecule has 0 aliphatic carbocycles. The Morgan fingerprint density at radius 1 is 0.833 bits per heavy atom. The van der Waals surface area contributed by atoms with Gasteiger partial charge in [0.15, 0.2) is 0 Å². The third kappa shape index (κ3) is 31.7. The zero-order valence-corrected chi connectivity index (χ0v) is 7.60. The van der Waals surface area contributed by atoms with Crippen LogP contribution in [-0.2, 0) is 12.3 Å². The van der Waals surface area contributed by atoms with Gasteiger partial charge in [-0.1, -0.05) is 0 Å². The van der Waals surface area contributed by atoms with Gasteiger partial charge in [0.25, 0.3) is 0 Å². The minimum Gasteiger partial charge on any atom is 0 e. The van der Waals surface area contributed by atoms with E-state index in [0.717, 1.165) is 0 Å². The molecule has 0 aromatic carbocycles. The van der Waals surface area contributed by atoms with Crippen LogP contribution in [0.25, 0.3) is 0 Å². The maximum Gasteiger partial charge on any atom is 0 e. The van der Waals surface area contributed by atoms with E-state index in [2.05, 4.69) is 0 Å². The molecule has 0 N–H and O–H groups in total. The third-order valence-corrected chi connectivity index (χ3v) is 0. The Balaban J connectivity index is 0. The van der Waals surface area contributed by atoms with Crippen LogP contribution in [0.5, 0.6) is 0 Å². The van der Waals surface area contributed by atoms with E-state index >= 15 is 0 Å². The van der Waals surface area contributed by atoms with E-state index in [9.17, 15) is 0 Å². The summed E-state index contributed by atoms with van der Waals surface area (Å²) in [6, 6.07) is 0. The molecule has 0 rings (SSSR count). The first kappa shape index (κ1) is 11.3. The van der Waals surface area contributed by atoms with Crippen molar-refractivity contribution in [3.8, 4) is 0 Å². The summed E-state index contributed by atoms with van der Waals surface area (Å²) in [6.07, 6.45) is 0. The molecule has 0 atom stereocenters. The monoisotopic (exact) mass is 195 g/mol. The molecule has 1 radical (unpaired) electrons. The van der Waals surface area contributed by atoms with Gasteiger partial charge in [-0.2, -0.15) is 0 Å². The van der Waals surface area contributed by atoms with E-state index in [1.807, 2.05) is 0 Å². The summed E-state index contributed by atoms with van der Waals surface area (Å²) in [6.45, 7) is 0. The first-order chi connectivity index (χ1) is 2.00. The van der Waals surface area contributed by atoms with Crippen LogP contribution >= 0.6 is 37.2 Å². The van der Waals surface area contributed by atoms with Gasteiger partial charge in [-0.15, -0.1) is 0 Å². The number of hydrogen-bond acceptors (Lipinski definition) is 0. The smallest absolute Gasteiger partial charge is 0 e. The largest absolute Gasteiger partial charge is 0 e. The molecule has 6 heteroatoms. The van der Waals surface area contributed by atoms with Crippen LogP contribution in [0.1, 0.15) is 0 Å². The van der Waals surface area contributed by atoms with Crippen molar-refractivity contribution in [2.75, 3.05) is 0 Å². The van der Waals surface area contributed by atoms with Crippen molar-refractivity contribution < 1.29 is 12.3 Å². The van der Waals surface area contributed by atoms with E-state index in [-0.39, 0.29) is 18.9 Å². The van der Waals surface area contributed by atoms with E-state index in [0.29, 0.717) is 0 Å². The zero-order valence-electron chi connectivity index (χ0n) is 3.01. The summed E-state index contributed by atoms with van der Waals surface area (Å²) >= 11 is -3.11. The molecular formula is Cl4LiTi. The third-order valence-electron chi connectivity index (χ3n) is 0. The molecule has 0 amide bonds. The average molecular weight is 197 g/mol. The standard InChI is InChI=1S/4ClH.Li.Ti/h4*1H;;/q;;;;;+4/p-4. The van der Waals surface area contributed by atoms with Crippen LogP contribution in [-0.4, -0.2) is 18.9 Å². The topological polar surface area (TPSA) is 0 Å². The SMILES string of the molecule is [Cl][Ti]([Cl])([Cl])[Cl].[Li]. The fraction of sp³-hybridized carbons (Fsp3) is 0. The van der Waals surface area contributed by atoms with Crippen molar-refractivity contribution in [2.45, 2.75) is 0 Å². The van der Waals surface area contributed by atoms with Crippen molar-refractivity contribution in [1.29, 1.82) is 0 Å². The summed E-state index contributed by atoms with van der Waals surface area (Å²) in [7, 11) is 20.1. The number of rotatable bonds is 0. The van der Waals surface area contributed by atoms with Crippen LogP contribution < -0.4 is 0 Å². The molecule has 33 valence electrons. The van der Waals surface area contributed by atoms with Crippen LogP contribution in [0.15, 0.2) is 0 Å². The summed E-state index contributed by atoms with van der Waals surface area (Å²) in [5.41, 5.74) is 0. The molecule has 0 nitrogen and oxygen atoms in total. The quantitative estimate of drug-likeness (QED) is 0.522. The minimum absolute atomic E-state index is 0. The Hall–Kier alpha value is 2.47. The molecule has 0 bridgehead atoms. The summed E-state index contributed by atoms with van der Waals surface area (Å²) in [4.78, 5) is 0. The van der Waals surface area contributed by atoms with Gasteiger partial charge in [-0.05, 0) is 0 Å². The van der Waals surface area contributed by atoms with Gasteiger partial charge in [0.1, 0.15) is 0 Å². The average Bonchev–Trinajstić information content (AvgIpc) is 0.722. The Morgan fingerprint density at radius 2 is 0.833 bits per heavy atom. The minimum atomic E-state index is -3.11. The summed E-state index contributed by atoms with van der Waals surface area (Å²) in [5.74, 6) is 0. The van der Waals surface area contributed by atoms with Gasteiger partial charge in [0.05, 0.1) is 0 Å². The van der Waals surface area contributed by atoms with E-state index in [1.165, 1.54) is 0 Å². The molecule has 0 aromatic rings. The Kier molecular flexibility index (Phi) is 8.21. The van der Waals surface area contributed by atoms with E-state index in [1.54, 1.807) is 0 Å². The summed E-state index contributed by atoms with van der Waals surface area (Å²) < 4.78 is 0. The first-order valence-corrected chi connectivity index (χ1v) is 9.35. The molecule has 0 saturated carbocycles. The van der Waals surface area contributed by atoms with Gasteiger partial charge in [0.2, 0.25) is 0 Å². The molecule has 0 heterocycles. The Bertz CT molecular complexity index is 23.0. The fourth-order valence-electron chi connectivity index (χ4n) is 0.